The molecule has 6 nitrogen and oxygen atoms in total. The van der Waals surface area contributed by atoms with Gasteiger partial charge in [0.2, 0.25) is 5.56 Å². The van der Waals surface area contributed by atoms with E-state index in [1.165, 1.54) is 18.3 Å². The van der Waals surface area contributed by atoms with Gasteiger partial charge in [-0.15, -0.1) is 0 Å². The monoisotopic (exact) mass is 219 g/mol. The van der Waals surface area contributed by atoms with Gasteiger partial charge in [-0.25, -0.2) is 0 Å². The smallest absolute Gasteiger partial charge is 0.257 e. The fourth-order valence-electron chi connectivity index (χ4n) is 1.20. The Balaban J connectivity index is 2.17. The van der Waals surface area contributed by atoms with Crippen molar-refractivity contribution in [2.24, 2.45) is 0 Å². The Bertz CT molecular complexity index is 570. The fourth-order valence-corrected chi connectivity index (χ4v) is 1.20. The van der Waals surface area contributed by atoms with Crippen LogP contribution in [0.3, 0.4) is 0 Å². The van der Waals surface area contributed by atoms with Crippen LogP contribution in [0.2, 0.25) is 0 Å². The third-order valence-corrected chi connectivity index (χ3v) is 1.91. The standard InChI is InChI=1S/C10H9N3O3/c1-6-4-8(13-16-6)12-10(15)7-2-3-11-9(14)5-7/h2-5H,1H3,(H,11,14)(H,12,13,15). The van der Waals surface area contributed by atoms with Gasteiger partial charge >= 0.3 is 0 Å². The predicted octanol–water partition coefficient (Wildman–Crippen LogP) is 0.924. The average Bonchev–Trinajstić information content (AvgIpc) is 2.64. The molecule has 2 N–H and O–H groups in total. The molecule has 0 aliphatic heterocycles. The molecule has 0 radical (unpaired) electrons. The van der Waals surface area contributed by atoms with Crippen LogP contribution in [-0.4, -0.2) is 16.0 Å². The molecule has 0 aliphatic rings. The van der Waals surface area contributed by atoms with Crippen molar-refractivity contribution < 1.29 is 9.32 Å². The Kier molecular flexibility index (Phi) is 2.55. The molecule has 82 valence electrons. The number of nitrogens with one attached hydrogen (secondary N) is 2. The zero-order valence-corrected chi connectivity index (χ0v) is 8.48. The molecule has 0 unspecified atom stereocenters. The second kappa shape index (κ2) is 4.01. The zero-order chi connectivity index (χ0) is 11.5. The van der Waals surface area contributed by atoms with E-state index < -0.39 is 5.91 Å². The maximum absolute atomic E-state index is 11.6. The molecule has 2 heterocycles. The highest BCUT2D eigenvalue weighted by Gasteiger charge is 2.08. The lowest BCUT2D eigenvalue weighted by Crippen LogP contribution is -2.15. The maximum Gasteiger partial charge on any atom is 0.257 e. The third-order valence-electron chi connectivity index (χ3n) is 1.91. The molecule has 2 aromatic rings. The van der Waals surface area contributed by atoms with Crippen LogP contribution in [0.5, 0.6) is 0 Å². The first kappa shape index (κ1) is 10.2. The number of pyridine rings is 1. The summed E-state index contributed by atoms with van der Waals surface area (Å²) < 4.78 is 4.79. The van der Waals surface area contributed by atoms with Crippen molar-refractivity contribution in [3.8, 4) is 0 Å². The zero-order valence-electron chi connectivity index (χ0n) is 8.48. The number of hydrogen-bond acceptors (Lipinski definition) is 4. The third kappa shape index (κ3) is 2.17. The van der Waals surface area contributed by atoms with Crippen molar-refractivity contribution in [1.82, 2.24) is 10.1 Å². The summed E-state index contributed by atoms with van der Waals surface area (Å²) in [6.45, 7) is 1.72. The minimum atomic E-state index is -0.403. The number of aromatic amines is 1. The quantitative estimate of drug-likeness (QED) is 0.786. The van der Waals surface area contributed by atoms with Crippen LogP contribution in [0.15, 0.2) is 33.7 Å². The molecule has 0 atom stereocenters. The number of H-pyrrole nitrogens is 1. The first-order chi connectivity index (χ1) is 7.65. The lowest BCUT2D eigenvalue weighted by Gasteiger charge is -1.99. The van der Waals surface area contributed by atoms with Crippen LogP contribution in [0.25, 0.3) is 0 Å². The number of anilines is 1. The van der Waals surface area contributed by atoms with Crippen molar-refractivity contribution in [2.75, 3.05) is 5.32 Å². The molecule has 0 saturated heterocycles. The first-order valence-corrected chi connectivity index (χ1v) is 4.58. The number of aryl methyl sites for hydroxylation is 1. The maximum atomic E-state index is 11.6. The van der Waals surface area contributed by atoms with E-state index in [0.29, 0.717) is 11.6 Å². The number of aromatic nitrogens is 2. The van der Waals surface area contributed by atoms with E-state index in [-0.39, 0.29) is 11.1 Å². The van der Waals surface area contributed by atoms with Gasteiger partial charge in [-0.2, -0.15) is 0 Å². The second-order valence-corrected chi connectivity index (χ2v) is 3.22. The van der Waals surface area contributed by atoms with Gasteiger partial charge in [0.25, 0.3) is 5.91 Å². The molecule has 16 heavy (non-hydrogen) atoms. The van der Waals surface area contributed by atoms with Crippen LogP contribution in [0.1, 0.15) is 16.1 Å². The van der Waals surface area contributed by atoms with E-state index in [9.17, 15) is 9.59 Å². The van der Waals surface area contributed by atoms with Crippen LogP contribution in [0.4, 0.5) is 5.82 Å². The van der Waals surface area contributed by atoms with Gasteiger partial charge < -0.3 is 14.8 Å². The molecule has 0 aromatic carbocycles. The molecule has 0 bridgehead atoms. The van der Waals surface area contributed by atoms with Crippen molar-refractivity contribution >= 4 is 11.7 Å². The van der Waals surface area contributed by atoms with Gasteiger partial charge in [0.1, 0.15) is 5.76 Å². The summed E-state index contributed by atoms with van der Waals surface area (Å²) in [5.74, 6) is 0.517. The molecule has 0 aliphatic carbocycles. The summed E-state index contributed by atoms with van der Waals surface area (Å²) >= 11 is 0. The number of carbonyl (C=O) groups is 1. The van der Waals surface area contributed by atoms with Gasteiger partial charge in [0, 0.05) is 23.9 Å². The molecule has 2 rings (SSSR count). The van der Waals surface area contributed by atoms with Crippen molar-refractivity contribution in [1.29, 1.82) is 0 Å². The number of rotatable bonds is 2. The lowest BCUT2D eigenvalue weighted by atomic mass is 10.2. The Morgan fingerprint density at radius 1 is 1.50 bits per heavy atom. The summed E-state index contributed by atoms with van der Waals surface area (Å²) in [7, 11) is 0. The average molecular weight is 219 g/mol. The normalized spacial score (nSPS) is 10.1. The Morgan fingerprint density at radius 3 is 2.94 bits per heavy atom. The molecule has 0 spiro atoms. The van der Waals surface area contributed by atoms with Crippen molar-refractivity contribution in [3.63, 3.8) is 0 Å². The van der Waals surface area contributed by atoms with Gasteiger partial charge in [-0.3, -0.25) is 9.59 Å². The van der Waals surface area contributed by atoms with Gasteiger partial charge in [0.05, 0.1) is 0 Å². The van der Waals surface area contributed by atoms with E-state index >= 15 is 0 Å². The van der Waals surface area contributed by atoms with Gasteiger partial charge in [0.15, 0.2) is 5.82 Å². The SMILES string of the molecule is Cc1cc(NC(=O)c2cc[nH]c(=O)c2)no1. The number of nitrogens with zero attached hydrogens (tertiary/aromatic N) is 1. The Hall–Kier alpha value is -2.37. The fraction of sp³-hybridized carbons (Fsp3) is 0.100. The number of hydrogen-bond donors (Lipinski definition) is 2. The van der Waals surface area contributed by atoms with Gasteiger partial charge in [-0.05, 0) is 13.0 Å². The highest BCUT2D eigenvalue weighted by atomic mass is 16.5. The molecule has 1 amide bonds. The number of carbonyl (C=O) groups excluding carboxylic acids is 1. The minimum absolute atomic E-state index is 0.268. The molecule has 0 saturated carbocycles. The predicted molar refractivity (Wildman–Crippen MR) is 56.3 cm³/mol. The van der Waals surface area contributed by atoms with E-state index in [2.05, 4.69) is 15.5 Å². The van der Waals surface area contributed by atoms with Crippen LogP contribution in [-0.2, 0) is 0 Å². The highest BCUT2D eigenvalue weighted by Crippen LogP contribution is 2.08. The summed E-state index contributed by atoms with van der Waals surface area (Å²) in [5, 5.41) is 6.12. The summed E-state index contributed by atoms with van der Waals surface area (Å²) in [4.78, 5) is 25.0. The topological polar surface area (TPSA) is 88.0 Å². The van der Waals surface area contributed by atoms with E-state index in [1.54, 1.807) is 13.0 Å². The summed E-state index contributed by atoms with van der Waals surface area (Å²) in [6.07, 6.45) is 1.41. The van der Waals surface area contributed by atoms with Crippen molar-refractivity contribution in [2.45, 2.75) is 6.92 Å². The Morgan fingerprint density at radius 2 is 2.31 bits per heavy atom. The molecular weight excluding hydrogens is 210 g/mol. The van der Waals surface area contributed by atoms with Crippen LogP contribution < -0.4 is 10.9 Å². The Labute approximate surface area is 90.3 Å². The lowest BCUT2D eigenvalue weighted by molar-refractivity contribution is 0.102. The van der Waals surface area contributed by atoms with Crippen LogP contribution in [0, 0.1) is 6.92 Å². The molecule has 6 heteroatoms. The molecule has 0 fully saturated rings. The minimum Gasteiger partial charge on any atom is -0.360 e. The second-order valence-electron chi connectivity index (χ2n) is 3.22. The van der Waals surface area contributed by atoms with E-state index in [0.717, 1.165) is 0 Å². The summed E-state index contributed by atoms with van der Waals surface area (Å²) in [6, 6.07) is 4.30. The van der Waals surface area contributed by atoms with Gasteiger partial charge in [-0.1, -0.05) is 5.16 Å². The van der Waals surface area contributed by atoms with Crippen molar-refractivity contribution in [3.05, 3.63) is 46.1 Å². The molecule has 2 aromatic heterocycles. The number of amides is 1. The van der Waals surface area contributed by atoms with E-state index in [4.69, 9.17) is 4.52 Å². The highest BCUT2D eigenvalue weighted by molar-refractivity contribution is 6.03. The van der Waals surface area contributed by atoms with Crippen LogP contribution >= 0.6 is 0 Å². The largest absolute Gasteiger partial charge is 0.360 e. The summed E-state index contributed by atoms with van der Waals surface area (Å²) in [5.41, 5.74) is -0.0617. The van der Waals surface area contributed by atoms with E-state index in [1.807, 2.05) is 0 Å². The first-order valence-electron chi connectivity index (χ1n) is 4.58. The molecular formula is C10H9N3O3.